The van der Waals surface area contributed by atoms with Crippen LogP contribution in [-0.4, -0.2) is 31.4 Å². The van der Waals surface area contributed by atoms with Gasteiger partial charge in [-0.15, -0.1) is 0 Å². The monoisotopic (exact) mass is 449 g/mol. The number of ether oxygens (including phenoxy) is 2. The van der Waals surface area contributed by atoms with Crippen LogP contribution in [0, 0.1) is 5.41 Å². The molecular formula is C27H28ClNO3. The molecule has 5 rings (SSSR count). The molecule has 0 spiro atoms. The fourth-order valence-electron chi connectivity index (χ4n) is 5.39. The number of carbonyl (C=O) groups is 1. The zero-order valence-corrected chi connectivity index (χ0v) is 19.8. The average Bonchev–Trinajstić information content (AvgIpc) is 2.77. The number of benzene rings is 2. The lowest BCUT2D eigenvalue weighted by atomic mass is 9.69. The number of rotatable bonds is 3. The van der Waals surface area contributed by atoms with Gasteiger partial charge in [-0.2, -0.15) is 0 Å². The van der Waals surface area contributed by atoms with Gasteiger partial charge in [-0.1, -0.05) is 37.6 Å². The highest BCUT2D eigenvalue weighted by Crippen LogP contribution is 2.51. The molecule has 1 aliphatic carbocycles. The summed E-state index contributed by atoms with van der Waals surface area (Å²) in [6, 6.07) is 12.0. The number of halogens is 1. The van der Waals surface area contributed by atoms with E-state index in [0.717, 1.165) is 53.3 Å². The van der Waals surface area contributed by atoms with Crippen LogP contribution in [0.1, 0.15) is 49.3 Å². The second-order valence-corrected chi connectivity index (χ2v) is 10.1. The van der Waals surface area contributed by atoms with Crippen LogP contribution >= 0.6 is 11.6 Å². The van der Waals surface area contributed by atoms with Crippen LogP contribution < -0.4 is 9.47 Å². The van der Waals surface area contributed by atoms with Gasteiger partial charge in [0.05, 0.1) is 14.2 Å². The Kier molecular flexibility index (Phi) is 5.09. The predicted molar refractivity (Wildman–Crippen MR) is 127 cm³/mol. The molecule has 0 radical (unpaired) electrons. The third-order valence-electron chi connectivity index (χ3n) is 6.87. The predicted octanol–water partition coefficient (Wildman–Crippen LogP) is 6.00. The van der Waals surface area contributed by atoms with Gasteiger partial charge in [0, 0.05) is 46.4 Å². The van der Waals surface area contributed by atoms with Crippen molar-refractivity contribution in [3.63, 3.8) is 0 Å². The normalized spacial score (nSPS) is 21.4. The largest absolute Gasteiger partial charge is 0.493 e. The maximum absolute atomic E-state index is 13.4. The smallest absolute Gasteiger partial charge is 0.162 e. The van der Waals surface area contributed by atoms with Crippen LogP contribution in [0.4, 0.5) is 0 Å². The van der Waals surface area contributed by atoms with E-state index in [9.17, 15) is 4.79 Å². The van der Waals surface area contributed by atoms with Gasteiger partial charge in [-0.25, -0.2) is 0 Å². The highest BCUT2D eigenvalue weighted by atomic mass is 35.5. The Bertz CT molecular complexity index is 1160. The second kappa shape index (κ2) is 7.70. The summed E-state index contributed by atoms with van der Waals surface area (Å²) in [7, 11) is 3.34. The molecule has 0 aromatic heterocycles. The van der Waals surface area contributed by atoms with Crippen LogP contribution in [0.3, 0.4) is 0 Å². The molecular weight excluding hydrogens is 422 g/mol. The molecule has 0 unspecified atom stereocenters. The number of hydrogen-bond acceptors (Lipinski definition) is 4. The standard InChI is InChI=1S/C27H28ClNO3/c1-27(2)14-22-26(23(30)15-27)20(16-5-7-18(28)8-6-16)12-21-19-13-25(32-4)24(31-3)11-17(19)9-10-29(21)22/h5-8,11-13,20H,9-10,14-15H2,1-4H3/t20-/m0/s1. The van der Waals surface area contributed by atoms with E-state index in [4.69, 9.17) is 21.1 Å². The summed E-state index contributed by atoms with van der Waals surface area (Å²) in [4.78, 5) is 15.8. The van der Waals surface area contributed by atoms with E-state index in [2.05, 4.69) is 37.0 Å². The van der Waals surface area contributed by atoms with Crippen LogP contribution in [0.15, 0.2) is 53.7 Å². The molecule has 2 heterocycles. The zero-order chi connectivity index (χ0) is 22.6. The molecule has 3 aliphatic rings. The molecule has 5 heteroatoms. The van der Waals surface area contributed by atoms with Crippen molar-refractivity contribution in [2.45, 2.75) is 39.0 Å². The van der Waals surface area contributed by atoms with Crippen molar-refractivity contribution in [2.75, 3.05) is 20.8 Å². The van der Waals surface area contributed by atoms with Crippen LogP contribution in [0.5, 0.6) is 11.5 Å². The maximum atomic E-state index is 13.4. The van der Waals surface area contributed by atoms with E-state index >= 15 is 0 Å². The topological polar surface area (TPSA) is 38.8 Å². The summed E-state index contributed by atoms with van der Waals surface area (Å²) in [6.45, 7) is 5.23. The van der Waals surface area contributed by atoms with E-state index < -0.39 is 0 Å². The summed E-state index contributed by atoms with van der Waals surface area (Å²) in [5.41, 5.74) is 6.69. The van der Waals surface area contributed by atoms with Crippen molar-refractivity contribution >= 4 is 23.1 Å². The molecule has 0 bridgehead atoms. The molecule has 0 fully saturated rings. The van der Waals surface area contributed by atoms with Gasteiger partial charge in [-0.05, 0) is 59.7 Å². The number of nitrogens with zero attached hydrogens (tertiary/aromatic N) is 1. The highest BCUT2D eigenvalue weighted by Gasteiger charge is 2.42. The van der Waals surface area contributed by atoms with Crippen molar-refractivity contribution in [3.8, 4) is 11.5 Å². The van der Waals surface area contributed by atoms with Crippen LogP contribution in [0.2, 0.25) is 5.02 Å². The number of allylic oxidation sites excluding steroid dienone is 3. The third-order valence-corrected chi connectivity index (χ3v) is 7.12. The molecule has 0 amide bonds. The van der Waals surface area contributed by atoms with Crippen molar-refractivity contribution in [1.82, 2.24) is 4.90 Å². The summed E-state index contributed by atoms with van der Waals surface area (Å²) in [6.07, 6.45) is 4.61. The number of carbonyl (C=O) groups excluding carboxylic acids is 1. The Morgan fingerprint density at radius 1 is 1.03 bits per heavy atom. The van der Waals surface area contributed by atoms with Crippen LogP contribution in [0.25, 0.3) is 5.70 Å². The summed E-state index contributed by atoms with van der Waals surface area (Å²) < 4.78 is 11.2. The van der Waals surface area contributed by atoms with Crippen molar-refractivity contribution < 1.29 is 14.3 Å². The molecule has 2 aromatic rings. The minimum Gasteiger partial charge on any atom is -0.493 e. The Labute approximate surface area is 194 Å². The number of Topliss-reactive ketones (excluding diaryl/α,β-unsaturated/α-hetero) is 1. The van der Waals surface area contributed by atoms with E-state index in [-0.39, 0.29) is 17.1 Å². The quantitative estimate of drug-likeness (QED) is 0.576. The van der Waals surface area contributed by atoms with Crippen molar-refractivity contribution in [2.24, 2.45) is 5.41 Å². The first-order valence-electron chi connectivity index (χ1n) is 11.1. The van der Waals surface area contributed by atoms with Gasteiger partial charge >= 0.3 is 0 Å². The molecule has 166 valence electrons. The van der Waals surface area contributed by atoms with Gasteiger partial charge in [0.15, 0.2) is 17.3 Å². The summed E-state index contributed by atoms with van der Waals surface area (Å²) in [5, 5.41) is 0.698. The third kappa shape index (κ3) is 3.41. The fourth-order valence-corrected chi connectivity index (χ4v) is 5.52. The minimum atomic E-state index is -0.0869. The molecule has 4 nitrogen and oxygen atoms in total. The molecule has 2 aromatic carbocycles. The van der Waals surface area contributed by atoms with Gasteiger partial charge in [0.25, 0.3) is 0 Å². The number of hydrogen-bond donors (Lipinski definition) is 0. The molecule has 2 aliphatic heterocycles. The zero-order valence-electron chi connectivity index (χ0n) is 19.0. The first-order chi connectivity index (χ1) is 15.3. The number of methoxy groups -OCH3 is 2. The van der Waals surface area contributed by atoms with Gasteiger partial charge in [0.2, 0.25) is 0 Å². The average molecular weight is 450 g/mol. The van der Waals surface area contributed by atoms with Gasteiger partial charge in [0.1, 0.15) is 0 Å². The number of fused-ring (bicyclic) bond motifs is 4. The van der Waals surface area contributed by atoms with Crippen molar-refractivity contribution in [3.05, 3.63) is 75.5 Å². The lowest BCUT2D eigenvalue weighted by Crippen LogP contribution is -2.40. The van der Waals surface area contributed by atoms with Crippen LogP contribution in [-0.2, 0) is 11.2 Å². The SMILES string of the molecule is COc1cc2c(cc1OC)C1=C[C@@H](c3ccc(Cl)cc3)C3=C(CC(C)(C)CC3=O)N1CC2. The maximum Gasteiger partial charge on any atom is 0.162 e. The van der Waals surface area contributed by atoms with E-state index in [1.807, 2.05) is 24.3 Å². The minimum absolute atomic E-state index is 0.0548. The van der Waals surface area contributed by atoms with Gasteiger partial charge in [-0.3, -0.25) is 4.79 Å². The lowest BCUT2D eigenvalue weighted by Gasteiger charge is -2.46. The van der Waals surface area contributed by atoms with E-state index in [1.54, 1.807) is 14.2 Å². The van der Waals surface area contributed by atoms with Crippen molar-refractivity contribution in [1.29, 1.82) is 0 Å². The van der Waals surface area contributed by atoms with Gasteiger partial charge < -0.3 is 14.4 Å². The van der Waals surface area contributed by atoms with E-state index in [1.165, 1.54) is 11.3 Å². The van der Waals surface area contributed by atoms with E-state index in [0.29, 0.717) is 11.4 Å². The molecule has 0 saturated carbocycles. The molecule has 0 saturated heterocycles. The summed E-state index contributed by atoms with van der Waals surface area (Å²) in [5.74, 6) is 1.64. The first kappa shape index (κ1) is 21.1. The Balaban J connectivity index is 1.71. The Morgan fingerprint density at radius 3 is 2.41 bits per heavy atom. The first-order valence-corrected chi connectivity index (χ1v) is 11.5. The fraction of sp³-hybridized carbons (Fsp3) is 0.370. The molecule has 32 heavy (non-hydrogen) atoms. The Hall–Kier alpha value is -2.72. The molecule has 0 N–H and O–H groups in total. The number of ketones is 1. The second-order valence-electron chi connectivity index (χ2n) is 9.65. The Morgan fingerprint density at radius 2 is 1.72 bits per heavy atom. The highest BCUT2D eigenvalue weighted by molar-refractivity contribution is 6.30. The molecule has 1 atom stereocenters. The lowest BCUT2D eigenvalue weighted by molar-refractivity contribution is -0.118. The summed E-state index contributed by atoms with van der Waals surface area (Å²) >= 11 is 6.17.